The highest BCUT2D eigenvalue weighted by Gasteiger charge is 2.24. The molecular formula is C14H26N2O2. The Morgan fingerprint density at radius 1 is 1.06 bits per heavy atom. The second-order valence-electron chi connectivity index (χ2n) is 5.75. The molecule has 0 bridgehead atoms. The number of hydrogen-bond acceptors (Lipinski definition) is 2. The van der Waals surface area contributed by atoms with Gasteiger partial charge in [-0.1, -0.05) is 25.7 Å². The summed E-state index contributed by atoms with van der Waals surface area (Å²) in [5, 5.41) is 12.3. The van der Waals surface area contributed by atoms with Crippen LogP contribution in [0.15, 0.2) is 0 Å². The Balaban J connectivity index is 1.74. The highest BCUT2D eigenvalue weighted by Crippen LogP contribution is 2.19. The van der Waals surface area contributed by atoms with E-state index in [1.165, 1.54) is 25.7 Å². The Labute approximate surface area is 110 Å². The van der Waals surface area contributed by atoms with Crippen molar-refractivity contribution in [1.29, 1.82) is 0 Å². The number of urea groups is 1. The zero-order chi connectivity index (χ0) is 12.8. The van der Waals surface area contributed by atoms with E-state index < -0.39 is 0 Å². The van der Waals surface area contributed by atoms with Gasteiger partial charge in [0.05, 0.1) is 0 Å². The lowest BCUT2D eigenvalue weighted by atomic mass is 9.98. The second kappa shape index (κ2) is 6.98. The second-order valence-corrected chi connectivity index (χ2v) is 5.75. The smallest absolute Gasteiger partial charge is 0.317 e. The van der Waals surface area contributed by atoms with E-state index in [0.717, 1.165) is 38.8 Å². The Morgan fingerprint density at radius 2 is 1.67 bits per heavy atom. The van der Waals surface area contributed by atoms with Gasteiger partial charge in [-0.25, -0.2) is 4.79 Å². The molecule has 1 saturated carbocycles. The van der Waals surface area contributed by atoms with Crippen LogP contribution in [0.4, 0.5) is 4.79 Å². The number of aliphatic hydroxyl groups excluding tert-OH is 1. The van der Waals surface area contributed by atoms with Gasteiger partial charge in [0, 0.05) is 25.7 Å². The van der Waals surface area contributed by atoms with E-state index in [1.54, 1.807) is 0 Å². The van der Waals surface area contributed by atoms with Crippen LogP contribution in [0.25, 0.3) is 0 Å². The average molecular weight is 254 g/mol. The summed E-state index contributed by atoms with van der Waals surface area (Å²) < 4.78 is 0. The SMILES string of the molecule is O=C(NC1CCCCCC1)N1CCC(CO)CC1. The van der Waals surface area contributed by atoms with Gasteiger partial charge < -0.3 is 15.3 Å². The first kappa shape index (κ1) is 13.7. The van der Waals surface area contributed by atoms with Crippen LogP contribution in [0.1, 0.15) is 51.4 Å². The maximum Gasteiger partial charge on any atom is 0.317 e. The molecule has 0 aromatic rings. The predicted molar refractivity (Wildman–Crippen MR) is 71.4 cm³/mol. The quantitative estimate of drug-likeness (QED) is 0.742. The maximum atomic E-state index is 12.1. The molecule has 2 rings (SSSR count). The highest BCUT2D eigenvalue weighted by molar-refractivity contribution is 5.74. The lowest BCUT2D eigenvalue weighted by Crippen LogP contribution is -2.48. The van der Waals surface area contributed by atoms with E-state index in [-0.39, 0.29) is 12.6 Å². The summed E-state index contributed by atoms with van der Waals surface area (Å²) in [4.78, 5) is 14.0. The number of likely N-dealkylation sites (tertiary alicyclic amines) is 1. The van der Waals surface area contributed by atoms with Crippen molar-refractivity contribution in [2.24, 2.45) is 5.92 Å². The number of aliphatic hydroxyl groups is 1. The van der Waals surface area contributed by atoms with Crippen LogP contribution in [0.2, 0.25) is 0 Å². The monoisotopic (exact) mass is 254 g/mol. The summed E-state index contributed by atoms with van der Waals surface area (Å²) in [5.74, 6) is 0.395. The van der Waals surface area contributed by atoms with Crippen molar-refractivity contribution in [1.82, 2.24) is 10.2 Å². The minimum Gasteiger partial charge on any atom is -0.396 e. The van der Waals surface area contributed by atoms with E-state index in [4.69, 9.17) is 5.11 Å². The molecule has 1 saturated heterocycles. The minimum absolute atomic E-state index is 0.110. The van der Waals surface area contributed by atoms with Gasteiger partial charge in [-0.05, 0) is 31.6 Å². The summed E-state index contributed by atoms with van der Waals surface area (Å²) in [7, 11) is 0. The lowest BCUT2D eigenvalue weighted by Gasteiger charge is -2.32. The first-order chi connectivity index (χ1) is 8.79. The normalized spacial score (nSPS) is 23.7. The number of hydrogen-bond donors (Lipinski definition) is 2. The van der Waals surface area contributed by atoms with Crippen LogP contribution < -0.4 is 5.32 Å². The van der Waals surface area contributed by atoms with Crippen LogP contribution >= 0.6 is 0 Å². The van der Waals surface area contributed by atoms with Crippen molar-refractivity contribution in [2.75, 3.05) is 19.7 Å². The first-order valence-corrected chi connectivity index (χ1v) is 7.46. The van der Waals surface area contributed by atoms with Crippen molar-refractivity contribution in [3.05, 3.63) is 0 Å². The fourth-order valence-electron chi connectivity index (χ4n) is 3.01. The molecule has 2 N–H and O–H groups in total. The van der Waals surface area contributed by atoms with Crippen molar-refractivity contribution < 1.29 is 9.90 Å². The molecule has 4 nitrogen and oxygen atoms in total. The summed E-state index contributed by atoms with van der Waals surface area (Å²) in [6.45, 7) is 1.85. The number of carbonyl (C=O) groups is 1. The summed E-state index contributed by atoms with van der Waals surface area (Å²) in [5.41, 5.74) is 0. The number of piperidine rings is 1. The standard InChI is InChI=1S/C14H26N2O2/c17-11-12-7-9-16(10-8-12)14(18)15-13-5-3-1-2-4-6-13/h12-13,17H,1-11H2,(H,15,18). The number of nitrogens with zero attached hydrogens (tertiary/aromatic N) is 1. The zero-order valence-electron chi connectivity index (χ0n) is 11.2. The molecule has 2 amide bonds. The molecule has 4 heteroatoms. The molecule has 0 atom stereocenters. The van der Waals surface area contributed by atoms with Crippen LogP contribution in [0, 0.1) is 5.92 Å². The third kappa shape index (κ3) is 3.87. The molecule has 1 aliphatic heterocycles. The number of carbonyl (C=O) groups excluding carboxylic acids is 1. The molecule has 2 aliphatic rings. The zero-order valence-corrected chi connectivity index (χ0v) is 11.2. The molecule has 0 spiro atoms. The summed E-state index contributed by atoms with van der Waals surface area (Å²) in [6.07, 6.45) is 9.28. The highest BCUT2D eigenvalue weighted by atomic mass is 16.3. The fourth-order valence-corrected chi connectivity index (χ4v) is 3.01. The van der Waals surface area contributed by atoms with Gasteiger partial charge in [0.1, 0.15) is 0 Å². The van der Waals surface area contributed by atoms with Crippen molar-refractivity contribution in [3.8, 4) is 0 Å². The van der Waals surface area contributed by atoms with Gasteiger partial charge >= 0.3 is 6.03 Å². The van der Waals surface area contributed by atoms with Gasteiger partial charge in [-0.2, -0.15) is 0 Å². The van der Waals surface area contributed by atoms with Crippen molar-refractivity contribution >= 4 is 6.03 Å². The molecule has 0 unspecified atom stereocenters. The molecule has 0 aromatic carbocycles. The molecule has 1 heterocycles. The third-order valence-corrected chi connectivity index (χ3v) is 4.34. The average Bonchev–Trinajstić information content (AvgIpc) is 2.67. The predicted octanol–water partition coefficient (Wildman–Crippen LogP) is 2.12. The fraction of sp³-hybridized carbons (Fsp3) is 0.929. The molecule has 18 heavy (non-hydrogen) atoms. The topological polar surface area (TPSA) is 52.6 Å². The number of nitrogens with one attached hydrogen (secondary N) is 1. The van der Waals surface area contributed by atoms with Crippen LogP contribution in [-0.2, 0) is 0 Å². The van der Waals surface area contributed by atoms with Crippen molar-refractivity contribution in [2.45, 2.75) is 57.4 Å². The van der Waals surface area contributed by atoms with E-state index in [0.29, 0.717) is 12.0 Å². The van der Waals surface area contributed by atoms with Gasteiger partial charge in [0.25, 0.3) is 0 Å². The molecule has 104 valence electrons. The molecule has 0 radical (unpaired) electrons. The van der Waals surface area contributed by atoms with Crippen LogP contribution in [0.3, 0.4) is 0 Å². The molecule has 2 fully saturated rings. The van der Waals surface area contributed by atoms with E-state index >= 15 is 0 Å². The molecular weight excluding hydrogens is 228 g/mol. The Kier molecular flexibility index (Phi) is 5.29. The lowest BCUT2D eigenvalue weighted by molar-refractivity contribution is 0.135. The number of rotatable bonds is 2. The first-order valence-electron chi connectivity index (χ1n) is 7.46. The minimum atomic E-state index is 0.110. The summed E-state index contributed by atoms with van der Waals surface area (Å²) >= 11 is 0. The van der Waals surface area contributed by atoms with Gasteiger partial charge in [-0.15, -0.1) is 0 Å². The third-order valence-electron chi connectivity index (χ3n) is 4.34. The van der Waals surface area contributed by atoms with E-state index in [9.17, 15) is 4.79 Å². The Morgan fingerprint density at radius 3 is 2.22 bits per heavy atom. The largest absolute Gasteiger partial charge is 0.396 e. The van der Waals surface area contributed by atoms with Gasteiger partial charge in [-0.3, -0.25) is 0 Å². The van der Waals surface area contributed by atoms with Gasteiger partial charge in [0.15, 0.2) is 0 Å². The maximum absolute atomic E-state index is 12.1. The van der Waals surface area contributed by atoms with E-state index in [1.807, 2.05) is 4.90 Å². The van der Waals surface area contributed by atoms with E-state index in [2.05, 4.69) is 5.32 Å². The molecule has 0 aromatic heterocycles. The van der Waals surface area contributed by atoms with Crippen LogP contribution in [-0.4, -0.2) is 41.8 Å². The Bertz CT molecular complexity index is 255. The molecule has 1 aliphatic carbocycles. The van der Waals surface area contributed by atoms with Crippen LogP contribution in [0.5, 0.6) is 0 Å². The number of amides is 2. The Hall–Kier alpha value is -0.770. The van der Waals surface area contributed by atoms with Crippen molar-refractivity contribution in [3.63, 3.8) is 0 Å². The van der Waals surface area contributed by atoms with Gasteiger partial charge in [0.2, 0.25) is 0 Å². The summed E-state index contributed by atoms with van der Waals surface area (Å²) in [6, 6.07) is 0.494.